The van der Waals surface area contributed by atoms with Gasteiger partial charge in [-0.1, -0.05) is 12.1 Å². The Hall–Kier alpha value is -2.96. The topological polar surface area (TPSA) is 89.7 Å². The maximum atomic E-state index is 13.4. The molecule has 1 N–H and O–H groups in total. The Morgan fingerprint density at radius 3 is 2.50 bits per heavy atom. The number of nitrogens with zero attached hydrogens (tertiary/aromatic N) is 1. The Morgan fingerprint density at radius 2 is 1.90 bits per heavy atom. The van der Waals surface area contributed by atoms with Gasteiger partial charge in [-0.3, -0.25) is 10.1 Å². The van der Waals surface area contributed by atoms with Crippen molar-refractivity contribution in [2.75, 3.05) is 0 Å². The summed E-state index contributed by atoms with van der Waals surface area (Å²) in [4.78, 5) is 21.0. The maximum absolute atomic E-state index is 13.4. The first-order valence-corrected chi connectivity index (χ1v) is 5.43. The molecular weight excluding hydrogens is 269 g/mol. The highest BCUT2D eigenvalue weighted by Crippen LogP contribution is 2.30. The molecule has 20 heavy (non-hydrogen) atoms. The van der Waals surface area contributed by atoms with Gasteiger partial charge < -0.3 is 9.84 Å². The monoisotopic (exact) mass is 277 g/mol. The van der Waals surface area contributed by atoms with Crippen LogP contribution in [0.3, 0.4) is 0 Å². The number of rotatable bonds is 4. The van der Waals surface area contributed by atoms with Crippen molar-refractivity contribution in [3.8, 4) is 11.5 Å². The van der Waals surface area contributed by atoms with E-state index >= 15 is 0 Å². The molecular formula is C13H8FNO5. The molecule has 6 nitrogen and oxygen atoms in total. The minimum absolute atomic E-state index is 0.163. The summed E-state index contributed by atoms with van der Waals surface area (Å²) in [6, 6.07) is 8.51. The lowest BCUT2D eigenvalue weighted by Gasteiger charge is -2.09. The number of carboxylic acids is 1. The van der Waals surface area contributed by atoms with Gasteiger partial charge in [-0.2, -0.15) is 0 Å². The van der Waals surface area contributed by atoms with Crippen LogP contribution in [0.4, 0.5) is 10.1 Å². The van der Waals surface area contributed by atoms with E-state index in [4.69, 9.17) is 9.84 Å². The molecule has 0 amide bonds. The molecule has 2 aromatic carbocycles. The van der Waals surface area contributed by atoms with Gasteiger partial charge in [0, 0.05) is 12.1 Å². The Balaban J connectivity index is 2.44. The highest BCUT2D eigenvalue weighted by atomic mass is 19.1. The molecule has 0 heterocycles. The van der Waals surface area contributed by atoms with Gasteiger partial charge in [0.05, 0.1) is 4.92 Å². The van der Waals surface area contributed by atoms with Crippen LogP contribution in [0.1, 0.15) is 10.4 Å². The van der Waals surface area contributed by atoms with Gasteiger partial charge in [0.1, 0.15) is 11.3 Å². The van der Waals surface area contributed by atoms with Crippen molar-refractivity contribution in [1.82, 2.24) is 0 Å². The molecule has 0 aliphatic heterocycles. The van der Waals surface area contributed by atoms with E-state index in [-0.39, 0.29) is 17.2 Å². The van der Waals surface area contributed by atoms with E-state index in [1.807, 2.05) is 0 Å². The molecule has 2 aromatic rings. The number of benzene rings is 2. The number of hydrogen-bond acceptors (Lipinski definition) is 4. The average molecular weight is 277 g/mol. The summed E-state index contributed by atoms with van der Waals surface area (Å²) in [6.45, 7) is 0. The number of hydrogen-bond donors (Lipinski definition) is 1. The number of para-hydroxylation sites is 1. The summed E-state index contributed by atoms with van der Waals surface area (Å²) in [5.74, 6) is -2.40. The van der Waals surface area contributed by atoms with Crippen molar-refractivity contribution in [2.45, 2.75) is 0 Å². The molecule has 0 radical (unpaired) electrons. The maximum Gasteiger partial charge on any atom is 0.339 e. The first-order valence-electron chi connectivity index (χ1n) is 5.43. The fraction of sp³-hybridized carbons (Fsp3) is 0. The highest BCUT2D eigenvalue weighted by molar-refractivity contribution is 5.91. The molecule has 0 aliphatic carbocycles. The van der Waals surface area contributed by atoms with Crippen molar-refractivity contribution < 1.29 is 24.0 Å². The van der Waals surface area contributed by atoms with Crippen LogP contribution in [-0.4, -0.2) is 16.0 Å². The minimum atomic E-state index is -1.40. The average Bonchev–Trinajstić information content (AvgIpc) is 2.41. The summed E-state index contributed by atoms with van der Waals surface area (Å²) >= 11 is 0. The van der Waals surface area contributed by atoms with E-state index in [1.54, 1.807) is 0 Å². The van der Waals surface area contributed by atoms with Gasteiger partial charge in [0.15, 0.2) is 11.6 Å². The molecule has 0 spiro atoms. The second kappa shape index (κ2) is 5.35. The summed E-state index contributed by atoms with van der Waals surface area (Å²) in [7, 11) is 0. The van der Waals surface area contributed by atoms with Crippen LogP contribution < -0.4 is 4.74 Å². The van der Waals surface area contributed by atoms with Gasteiger partial charge in [-0.05, 0) is 18.2 Å². The molecule has 0 saturated heterocycles. The van der Waals surface area contributed by atoms with Crippen molar-refractivity contribution in [3.63, 3.8) is 0 Å². The predicted molar refractivity (Wildman–Crippen MR) is 66.5 cm³/mol. The molecule has 2 rings (SSSR count). The molecule has 102 valence electrons. The van der Waals surface area contributed by atoms with Crippen LogP contribution in [0.15, 0.2) is 42.5 Å². The fourth-order valence-electron chi connectivity index (χ4n) is 1.53. The zero-order valence-corrected chi connectivity index (χ0v) is 9.95. The predicted octanol–water partition coefficient (Wildman–Crippen LogP) is 3.22. The van der Waals surface area contributed by atoms with E-state index in [2.05, 4.69) is 0 Å². The zero-order chi connectivity index (χ0) is 14.7. The van der Waals surface area contributed by atoms with E-state index in [1.165, 1.54) is 18.2 Å². The van der Waals surface area contributed by atoms with Crippen molar-refractivity contribution >= 4 is 11.7 Å². The molecule has 0 aliphatic rings. The molecule has 0 unspecified atom stereocenters. The van der Waals surface area contributed by atoms with E-state index in [0.717, 1.165) is 24.3 Å². The van der Waals surface area contributed by atoms with Crippen LogP contribution in [0.5, 0.6) is 11.5 Å². The second-order valence-corrected chi connectivity index (χ2v) is 3.78. The Kier molecular flexibility index (Phi) is 3.60. The normalized spacial score (nSPS) is 10.1. The SMILES string of the molecule is O=C(O)c1cc([N+](=O)[O-])ccc1Oc1ccccc1F. The van der Waals surface area contributed by atoms with Crippen molar-refractivity contribution in [1.29, 1.82) is 0 Å². The van der Waals surface area contributed by atoms with Gasteiger partial charge >= 0.3 is 5.97 Å². The molecule has 0 bridgehead atoms. The van der Waals surface area contributed by atoms with E-state index < -0.39 is 22.3 Å². The molecule has 0 atom stereocenters. The zero-order valence-electron chi connectivity index (χ0n) is 9.95. The third-order valence-electron chi connectivity index (χ3n) is 2.46. The number of nitro benzene ring substituents is 1. The van der Waals surface area contributed by atoms with Crippen LogP contribution in [0.25, 0.3) is 0 Å². The number of aromatic carboxylic acids is 1. The van der Waals surface area contributed by atoms with Gasteiger partial charge in [-0.25, -0.2) is 9.18 Å². The number of nitro groups is 1. The minimum Gasteiger partial charge on any atom is -0.478 e. The first-order chi connectivity index (χ1) is 9.49. The largest absolute Gasteiger partial charge is 0.478 e. The Bertz CT molecular complexity index is 686. The van der Waals surface area contributed by atoms with E-state index in [9.17, 15) is 19.3 Å². The standard InChI is InChI=1S/C13H8FNO5/c14-10-3-1-2-4-12(10)20-11-6-5-8(15(18)19)7-9(11)13(16)17/h1-7H,(H,16,17). The molecule has 7 heteroatoms. The van der Waals surface area contributed by atoms with E-state index in [0.29, 0.717) is 0 Å². The number of carbonyl (C=O) groups is 1. The third kappa shape index (κ3) is 2.72. The van der Waals surface area contributed by atoms with Gasteiger partial charge in [-0.15, -0.1) is 0 Å². The lowest BCUT2D eigenvalue weighted by Crippen LogP contribution is -2.02. The lowest BCUT2D eigenvalue weighted by molar-refractivity contribution is -0.384. The van der Waals surface area contributed by atoms with Crippen LogP contribution in [-0.2, 0) is 0 Å². The number of non-ortho nitro benzene ring substituents is 1. The van der Waals surface area contributed by atoms with Crippen LogP contribution >= 0.6 is 0 Å². The molecule has 0 saturated carbocycles. The van der Waals surface area contributed by atoms with Crippen LogP contribution in [0.2, 0.25) is 0 Å². The quantitative estimate of drug-likeness (QED) is 0.684. The second-order valence-electron chi connectivity index (χ2n) is 3.78. The van der Waals surface area contributed by atoms with Crippen molar-refractivity contribution in [2.24, 2.45) is 0 Å². The number of carboxylic acid groups (broad SMARTS) is 1. The summed E-state index contributed by atoms with van der Waals surface area (Å²) < 4.78 is 18.6. The molecule has 0 aromatic heterocycles. The number of halogens is 1. The number of ether oxygens (including phenoxy) is 1. The lowest BCUT2D eigenvalue weighted by atomic mass is 10.2. The van der Waals surface area contributed by atoms with Crippen molar-refractivity contribution in [3.05, 3.63) is 64.0 Å². The summed E-state index contributed by atoms with van der Waals surface area (Å²) in [5, 5.41) is 19.6. The Labute approximate surface area is 112 Å². The first kappa shape index (κ1) is 13.5. The Morgan fingerprint density at radius 1 is 1.20 bits per heavy atom. The summed E-state index contributed by atoms with van der Waals surface area (Å²) in [6.07, 6.45) is 0. The fourth-order valence-corrected chi connectivity index (χ4v) is 1.53. The van der Waals surface area contributed by atoms with Gasteiger partial charge in [0.25, 0.3) is 5.69 Å². The third-order valence-corrected chi connectivity index (χ3v) is 2.46. The summed E-state index contributed by atoms with van der Waals surface area (Å²) in [5.41, 5.74) is -0.800. The van der Waals surface area contributed by atoms with Crippen LogP contribution in [0, 0.1) is 15.9 Å². The highest BCUT2D eigenvalue weighted by Gasteiger charge is 2.18. The van der Waals surface area contributed by atoms with Gasteiger partial charge in [0.2, 0.25) is 0 Å². The molecule has 0 fully saturated rings. The smallest absolute Gasteiger partial charge is 0.339 e.